The average Bonchev–Trinajstić information content (AvgIpc) is 3.64. The predicted octanol–water partition coefficient (Wildman–Crippen LogP) is 4.12. The van der Waals surface area contributed by atoms with Gasteiger partial charge in [0.25, 0.3) is 0 Å². The minimum atomic E-state index is -0.196. The molecular weight excluding hydrogens is 494 g/mol. The summed E-state index contributed by atoms with van der Waals surface area (Å²) >= 11 is 0. The summed E-state index contributed by atoms with van der Waals surface area (Å²) in [7, 11) is 0. The lowest BCUT2D eigenvalue weighted by atomic mass is 9.88. The number of nitrogens with zero attached hydrogens (tertiary/aromatic N) is 6. The van der Waals surface area contributed by atoms with Gasteiger partial charge in [0.15, 0.2) is 17.3 Å². The van der Waals surface area contributed by atoms with Gasteiger partial charge in [-0.2, -0.15) is 5.10 Å². The highest BCUT2D eigenvalue weighted by Crippen LogP contribution is 2.30. The Labute approximate surface area is 227 Å². The Morgan fingerprint density at radius 3 is 2.69 bits per heavy atom. The van der Waals surface area contributed by atoms with Gasteiger partial charge >= 0.3 is 6.03 Å². The van der Waals surface area contributed by atoms with Crippen LogP contribution >= 0.6 is 0 Å². The van der Waals surface area contributed by atoms with E-state index in [1.807, 2.05) is 43.1 Å². The van der Waals surface area contributed by atoms with E-state index in [-0.39, 0.29) is 17.5 Å². The molecule has 204 valence electrons. The molecule has 1 atom stereocenters. The highest BCUT2D eigenvalue weighted by atomic mass is 16.5. The molecule has 0 bridgehead atoms. The Morgan fingerprint density at radius 1 is 1.15 bits per heavy atom. The van der Waals surface area contributed by atoms with Crippen molar-refractivity contribution in [3.8, 4) is 5.75 Å². The maximum atomic E-state index is 12.8. The van der Waals surface area contributed by atoms with Crippen molar-refractivity contribution in [2.75, 3.05) is 37.7 Å². The molecule has 5 heterocycles. The van der Waals surface area contributed by atoms with Gasteiger partial charge in [0.2, 0.25) is 0 Å². The summed E-state index contributed by atoms with van der Waals surface area (Å²) in [5.74, 6) is 3.45. The molecule has 0 radical (unpaired) electrons. The molecule has 2 fully saturated rings. The molecule has 10 nitrogen and oxygen atoms in total. The number of ether oxygens (including phenoxy) is 1. The van der Waals surface area contributed by atoms with Crippen LogP contribution in [0.2, 0.25) is 0 Å². The van der Waals surface area contributed by atoms with E-state index in [4.69, 9.17) is 19.3 Å². The summed E-state index contributed by atoms with van der Waals surface area (Å²) in [6.45, 7) is 9.60. The number of aryl methyl sites for hydroxylation is 2. The quantitative estimate of drug-likeness (QED) is 0.366. The van der Waals surface area contributed by atoms with Crippen LogP contribution in [-0.2, 0) is 6.42 Å². The zero-order chi connectivity index (χ0) is 27.0. The molecule has 2 amide bonds. The number of aromatic nitrogens is 4. The monoisotopic (exact) mass is 529 g/mol. The molecule has 0 aliphatic carbocycles. The normalized spacial score (nSPS) is 17.7. The Morgan fingerprint density at radius 2 is 1.95 bits per heavy atom. The molecule has 4 aromatic rings. The zero-order valence-corrected chi connectivity index (χ0v) is 22.8. The number of amides is 2. The fourth-order valence-corrected chi connectivity index (χ4v) is 5.59. The number of hydrogen-bond acceptors (Lipinski definition) is 7. The van der Waals surface area contributed by atoms with Crippen molar-refractivity contribution in [1.29, 1.82) is 0 Å². The number of carbonyl (C=O) groups excluding carboxylic acids is 1. The number of rotatable bonds is 8. The fraction of sp³-hybridized carbons (Fsp3) is 0.448. The summed E-state index contributed by atoms with van der Waals surface area (Å²) in [6, 6.07) is 14.3. The van der Waals surface area contributed by atoms with Crippen LogP contribution in [0.3, 0.4) is 0 Å². The van der Waals surface area contributed by atoms with Gasteiger partial charge < -0.3 is 24.4 Å². The van der Waals surface area contributed by atoms with Crippen LogP contribution in [0.5, 0.6) is 5.75 Å². The van der Waals surface area contributed by atoms with Crippen LogP contribution in [0.4, 0.5) is 10.6 Å². The number of benzene rings is 1. The molecule has 0 unspecified atom stereocenters. The third kappa shape index (κ3) is 5.28. The highest BCUT2D eigenvalue weighted by Gasteiger charge is 2.44. The summed E-state index contributed by atoms with van der Waals surface area (Å²) in [5.41, 5.74) is 2.87. The number of pyridine rings is 1. The van der Waals surface area contributed by atoms with Crippen molar-refractivity contribution in [3.63, 3.8) is 0 Å². The lowest BCUT2D eigenvalue weighted by Crippen LogP contribution is -2.52. The minimum Gasteiger partial charge on any atom is -0.491 e. The Kier molecular flexibility index (Phi) is 6.62. The molecule has 1 aromatic carbocycles. The number of fused-ring (bicyclic) bond motifs is 1. The topological polar surface area (TPSA) is 101 Å². The number of anilines is 1. The second kappa shape index (κ2) is 10.2. The van der Waals surface area contributed by atoms with Crippen LogP contribution < -0.4 is 15.0 Å². The molecule has 6 rings (SSSR count). The Bertz CT molecular complexity index is 1460. The highest BCUT2D eigenvalue weighted by molar-refractivity contribution is 5.78. The van der Waals surface area contributed by atoms with E-state index < -0.39 is 0 Å². The number of nitrogens with one attached hydrogen (secondary N) is 1. The first-order valence-corrected chi connectivity index (χ1v) is 13.7. The second-order valence-electron chi connectivity index (χ2n) is 10.9. The maximum Gasteiger partial charge on any atom is 0.317 e. The van der Waals surface area contributed by atoms with Crippen molar-refractivity contribution in [3.05, 3.63) is 71.4 Å². The fourth-order valence-electron chi connectivity index (χ4n) is 5.59. The van der Waals surface area contributed by atoms with E-state index in [1.165, 1.54) is 5.56 Å². The molecule has 2 saturated heterocycles. The third-order valence-corrected chi connectivity index (χ3v) is 7.92. The van der Waals surface area contributed by atoms with E-state index in [0.717, 1.165) is 60.3 Å². The van der Waals surface area contributed by atoms with Gasteiger partial charge in [-0.15, -0.1) is 0 Å². The lowest BCUT2D eigenvalue weighted by molar-refractivity contribution is 0.217. The molecule has 39 heavy (non-hydrogen) atoms. The van der Waals surface area contributed by atoms with E-state index in [0.29, 0.717) is 26.1 Å². The molecule has 10 heteroatoms. The molecule has 3 aromatic heterocycles. The lowest BCUT2D eigenvalue weighted by Gasteiger charge is -2.38. The van der Waals surface area contributed by atoms with Crippen molar-refractivity contribution in [1.82, 2.24) is 30.0 Å². The van der Waals surface area contributed by atoms with Crippen LogP contribution in [0.1, 0.15) is 48.4 Å². The van der Waals surface area contributed by atoms with Crippen LogP contribution in [0.25, 0.3) is 5.65 Å². The zero-order valence-electron chi connectivity index (χ0n) is 22.8. The summed E-state index contributed by atoms with van der Waals surface area (Å²) in [6.07, 6.45) is 4.23. The van der Waals surface area contributed by atoms with Crippen molar-refractivity contribution in [2.24, 2.45) is 0 Å². The summed E-state index contributed by atoms with van der Waals surface area (Å²) in [4.78, 5) is 21.7. The van der Waals surface area contributed by atoms with E-state index in [2.05, 4.69) is 46.6 Å². The van der Waals surface area contributed by atoms with Gasteiger partial charge in [-0.1, -0.05) is 42.4 Å². The van der Waals surface area contributed by atoms with Gasteiger partial charge in [0, 0.05) is 44.6 Å². The number of piperidine rings is 1. The van der Waals surface area contributed by atoms with Crippen molar-refractivity contribution >= 4 is 17.5 Å². The predicted molar refractivity (Wildman–Crippen MR) is 147 cm³/mol. The molecule has 1 spiro atoms. The largest absolute Gasteiger partial charge is 0.491 e. The van der Waals surface area contributed by atoms with E-state index >= 15 is 0 Å². The number of carbonyl (C=O) groups is 1. The Balaban J connectivity index is 1.05. The van der Waals surface area contributed by atoms with Gasteiger partial charge in [-0.3, -0.25) is 0 Å². The van der Waals surface area contributed by atoms with Crippen molar-refractivity contribution in [2.45, 2.75) is 51.5 Å². The standard InChI is InChI=1S/C29H35N7O3/c1-20-15-24(38-18-21(2)23-7-5-4-6-8-23)17-36-27(20)30-25(32-36)9-12-35-19-29(31-28(35)37)10-13-34(14-11-29)26-16-22(3)39-33-26/h4-8,15-17,21H,9-14,18-19H2,1-3H3,(H,31,37)/t21-/m0/s1. The number of hydrogen-bond donors (Lipinski definition) is 1. The molecule has 1 N–H and O–H groups in total. The molecular formula is C29H35N7O3. The first-order chi connectivity index (χ1) is 18.9. The second-order valence-corrected chi connectivity index (χ2v) is 10.9. The van der Waals surface area contributed by atoms with Gasteiger partial charge in [-0.05, 0) is 43.9 Å². The number of urea groups is 1. The van der Waals surface area contributed by atoms with Crippen molar-refractivity contribution < 1.29 is 14.1 Å². The van der Waals surface area contributed by atoms with Crippen LogP contribution in [-0.4, -0.2) is 69.0 Å². The first kappa shape index (κ1) is 25.2. The summed E-state index contributed by atoms with van der Waals surface area (Å²) < 4.78 is 13.1. The van der Waals surface area contributed by atoms with Gasteiger partial charge in [-0.25, -0.2) is 14.3 Å². The molecule has 2 aliphatic heterocycles. The summed E-state index contributed by atoms with van der Waals surface area (Å²) in [5, 5.41) is 12.1. The van der Waals surface area contributed by atoms with Crippen LogP contribution in [0.15, 0.2) is 53.2 Å². The van der Waals surface area contributed by atoms with E-state index in [9.17, 15) is 4.79 Å². The first-order valence-electron chi connectivity index (χ1n) is 13.7. The third-order valence-electron chi connectivity index (χ3n) is 7.92. The maximum absolute atomic E-state index is 12.8. The van der Waals surface area contributed by atoms with Gasteiger partial charge in [0.05, 0.1) is 18.3 Å². The Hall–Kier alpha value is -4.08. The van der Waals surface area contributed by atoms with Gasteiger partial charge in [0.1, 0.15) is 11.5 Å². The molecule has 2 aliphatic rings. The minimum absolute atomic E-state index is 0.0103. The average molecular weight is 530 g/mol. The SMILES string of the molecule is Cc1cc(N2CCC3(CC2)CN(CCc2nc4c(C)cc(OC[C@H](C)c5ccccc5)cn4n2)C(=O)N3)no1. The smallest absolute Gasteiger partial charge is 0.317 e. The van der Waals surface area contributed by atoms with E-state index in [1.54, 1.807) is 4.52 Å². The van der Waals surface area contributed by atoms with Crippen LogP contribution in [0, 0.1) is 13.8 Å². The molecule has 0 saturated carbocycles.